The molecule has 2 saturated heterocycles. The van der Waals surface area contributed by atoms with Crippen molar-refractivity contribution in [1.29, 1.82) is 0 Å². The molecule has 2 aliphatic rings. The average Bonchev–Trinajstić information content (AvgIpc) is 2.91. The van der Waals surface area contributed by atoms with Gasteiger partial charge in [0.05, 0.1) is 0 Å². The Kier molecular flexibility index (Phi) is 9.87. The molecule has 0 spiro atoms. The normalized spacial score (nSPS) is 19.3. The molecule has 0 unspecified atom stereocenters. The molecular formula is C27H38Cl2N8O2. The van der Waals surface area contributed by atoms with Gasteiger partial charge in [0.15, 0.2) is 22.5 Å². The number of carbonyl (C=O) groups is 2. The Bertz CT molecular complexity index is 1190. The smallest absolute Gasteiger partial charge is 0.271 e. The lowest BCUT2D eigenvalue weighted by Gasteiger charge is -2.47. The number of hydrogen-bond acceptors (Lipinski definition) is 8. The summed E-state index contributed by atoms with van der Waals surface area (Å²) < 4.78 is 0. The van der Waals surface area contributed by atoms with Gasteiger partial charge in [0.1, 0.15) is 0 Å². The molecule has 3 heterocycles. The SMILES string of the molecule is CC[C@H]1CN(c2nc(N)c(C(N)=O)nc2Cl)CCN1C1CCN(Cc2ccc(Cl)cc2CCNC(C)=O)CC1. The standard InChI is InChI=1S/C27H38Cl2N8O2/c1-3-21-16-36(27-24(29)33-23(26(31)39)25(30)34-27)12-13-37(21)22-7-10-35(11-8-22)15-19-4-5-20(28)14-18(19)6-9-32-17(2)38/h4-5,14,21-22H,3,6-13,15-16H2,1-2H3,(H2,30,34)(H2,31,39)(H,32,38)/t21-/m0/s1. The molecule has 0 bridgehead atoms. The van der Waals surface area contributed by atoms with Crippen LogP contribution in [-0.2, 0) is 17.8 Å². The topological polar surface area (TPSA) is 134 Å². The second kappa shape index (κ2) is 13.1. The quantitative estimate of drug-likeness (QED) is 0.415. The lowest BCUT2D eigenvalue weighted by Crippen LogP contribution is -2.58. The number of aromatic nitrogens is 2. The first-order valence-corrected chi connectivity index (χ1v) is 14.3. The lowest BCUT2D eigenvalue weighted by atomic mass is 9.97. The Morgan fingerprint density at radius 1 is 1.10 bits per heavy atom. The molecule has 2 aliphatic heterocycles. The van der Waals surface area contributed by atoms with Crippen molar-refractivity contribution in [2.75, 3.05) is 49.9 Å². The van der Waals surface area contributed by atoms with Gasteiger partial charge in [0.25, 0.3) is 5.91 Å². The van der Waals surface area contributed by atoms with Gasteiger partial charge in [0.2, 0.25) is 5.91 Å². The molecule has 2 aromatic rings. The second-order valence-corrected chi connectivity index (χ2v) is 11.1. The molecule has 1 aromatic carbocycles. The minimum atomic E-state index is -0.742. The fourth-order valence-electron chi connectivity index (χ4n) is 5.71. The van der Waals surface area contributed by atoms with Crippen LogP contribution in [0.1, 0.15) is 54.7 Å². The Balaban J connectivity index is 1.35. The van der Waals surface area contributed by atoms with Crippen molar-refractivity contribution in [2.24, 2.45) is 5.73 Å². The van der Waals surface area contributed by atoms with Gasteiger partial charge in [-0.2, -0.15) is 0 Å². The van der Waals surface area contributed by atoms with Crippen molar-refractivity contribution in [2.45, 2.75) is 58.2 Å². The first-order chi connectivity index (χ1) is 18.7. The summed E-state index contributed by atoms with van der Waals surface area (Å²) in [5, 5.41) is 3.75. The van der Waals surface area contributed by atoms with E-state index >= 15 is 0 Å². The Morgan fingerprint density at radius 2 is 1.85 bits per heavy atom. The Morgan fingerprint density at radius 3 is 2.51 bits per heavy atom. The number of nitrogens with two attached hydrogens (primary N) is 2. The van der Waals surface area contributed by atoms with Crippen LogP contribution in [0.5, 0.6) is 0 Å². The zero-order valence-electron chi connectivity index (χ0n) is 22.6. The van der Waals surface area contributed by atoms with E-state index in [0.717, 1.165) is 70.0 Å². The Hall–Kier alpha value is -2.66. The van der Waals surface area contributed by atoms with Gasteiger partial charge >= 0.3 is 0 Å². The summed E-state index contributed by atoms with van der Waals surface area (Å²) >= 11 is 12.6. The summed E-state index contributed by atoms with van der Waals surface area (Å²) in [6.07, 6.45) is 3.97. The fourth-order valence-corrected chi connectivity index (χ4v) is 6.15. The predicted molar refractivity (Wildman–Crippen MR) is 155 cm³/mol. The minimum Gasteiger partial charge on any atom is -0.382 e. The summed E-state index contributed by atoms with van der Waals surface area (Å²) in [6, 6.07) is 6.94. The summed E-state index contributed by atoms with van der Waals surface area (Å²) in [5.41, 5.74) is 13.6. The van der Waals surface area contributed by atoms with Crippen LogP contribution in [0.2, 0.25) is 10.2 Å². The molecule has 4 rings (SSSR count). The second-order valence-electron chi connectivity index (χ2n) is 10.3. The fraction of sp³-hybridized carbons (Fsp3) is 0.556. The van der Waals surface area contributed by atoms with Gasteiger partial charge in [-0.3, -0.25) is 19.4 Å². The number of nitrogens with zero attached hydrogens (tertiary/aromatic N) is 5. The van der Waals surface area contributed by atoms with Crippen LogP contribution < -0.4 is 21.7 Å². The molecule has 212 valence electrons. The Labute approximate surface area is 240 Å². The minimum absolute atomic E-state index is 0.00344. The molecule has 2 fully saturated rings. The zero-order chi connectivity index (χ0) is 28.1. The monoisotopic (exact) mass is 576 g/mol. The van der Waals surface area contributed by atoms with E-state index in [1.165, 1.54) is 18.1 Å². The number of rotatable bonds is 9. The van der Waals surface area contributed by atoms with Gasteiger partial charge in [-0.25, -0.2) is 9.97 Å². The molecular weight excluding hydrogens is 539 g/mol. The van der Waals surface area contributed by atoms with Crippen molar-refractivity contribution in [3.05, 3.63) is 45.2 Å². The lowest BCUT2D eigenvalue weighted by molar-refractivity contribution is -0.118. The summed E-state index contributed by atoms with van der Waals surface area (Å²) in [7, 11) is 0. The number of nitrogen functional groups attached to an aromatic ring is 1. The summed E-state index contributed by atoms with van der Waals surface area (Å²) in [5.74, 6) is -0.255. The average molecular weight is 578 g/mol. The number of carbonyl (C=O) groups excluding carboxylic acids is 2. The van der Waals surface area contributed by atoms with Crippen LogP contribution in [0.4, 0.5) is 11.6 Å². The molecule has 2 amide bonds. The number of benzene rings is 1. The van der Waals surface area contributed by atoms with E-state index in [0.29, 0.717) is 24.4 Å². The van der Waals surface area contributed by atoms with Gasteiger partial charge < -0.3 is 21.7 Å². The van der Waals surface area contributed by atoms with Crippen LogP contribution in [0, 0.1) is 0 Å². The maximum absolute atomic E-state index is 11.5. The summed E-state index contributed by atoms with van der Waals surface area (Å²) in [4.78, 5) is 38.5. The first kappa shape index (κ1) is 29.3. The van der Waals surface area contributed by atoms with Crippen molar-refractivity contribution in [3.63, 3.8) is 0 Å². The van der Waals surface area contributed by atoms with Gasteiger partial charge in [0, 0.05) is 56.8 Å². The van der Waals surface area contributed by atoms with E-state index < -0.39 is 5.91 Å². The highest BCUT2D eigenvalue weighted by Crippen LogP contribution is 2.30. The van der Waals surface area contributed by atoms with Crippen LogP contribution >= 0.6 is 23.2 Å². The number of primary amides is 1. The number of piperazine rings is 1. The third kappa shape index (κ3) is 7.30. The van der Waals surface area contributed by atoms with E-state index in [2.05, 4.69) is 43.0 Å². The van der Waals surface area contributed by atoms with Crippen LogP contribution in [0.25, 0.3) is 0 Å². The van der Waals surface area contributed by atoms with Crippen LogP contribution in [0.3, 0.4) is 0 Å². The van der Waals surface area contributed by atoms with Crippen molar-refractivity contribution < 1.29 is 9.59 Å². The molecule has 0 radical (unpaired) electrons. The van der Waals surface area contributed by atoms with E-state index in [-0.39, 0.29) is 22.6 Å². The highest BCUT2D eigenvalue weighted by atomic mass is 35.5. The van der Waals surface area contributed by atoms with Crippen molar-refractivity contribution in [3.8, 4) is 0 Å². The number of hydrogen-bond donors (Lipinski definition) is 3. The van der Waals surface area contributed by atoms with Crippen molar-refractivity contribution >= 4 is 46.7 Å². The number of likely N-dealkylation sites (tertiary alicyclic amines) is 1. The van der Waals surface area contributed by atoms with Crippen molar-refractivity contribution in [1.82, 2.24) is 25.1 Å². The predicted octanol–water partition coefficient (Wildman–Crippen LogP) is 2.71. The molecule has 39 heavy (non-hydrogen) atoms. The van der Waals surface area contributed by atoms with Gasteiger partial charge in [-0.15, -0.1) is 0 Å². The maximum Gasteiger partial charge on any atom is 0.271 e. The number of halogens is 2. The maximum atomic E-state index is 11.5. The van der Waals surface area contributed by atoms with E-state index in [9.17, 15) is 9.59 Å². The largest absolute Gasteiger partial charge is 0.382 e. The molecule has 12 heteroatoms. The summed E-state index contributed by atoms with van der Waals surface area (Å²) in [6.45, 7) is 9.69. The third-order valence-corrected chi connectivity index (χ3v) is 8.24. The molecule has 1 aromatic heterocycles. The first-order valence-electron chi connectivity index (χ1n) is 13.5. The number of amides is 2. The molecule has 1 atom stereocenters. The molecule has 0 saturated carbocycles. The van der Waals surface area contributed by atoms with E-state index in [1.54, 1.807) is 0 Å². The number of anilines is 2. The highest BCUT2D eigenvalue weighted by Gasteiger charge is 2.34. The molecule has 0 aliphatic carbocycles. The van der Waals surface area contributed by atoms with Crippen LogP contribution in [0.15, 0.2) is 18.2 Å². The molecule has 5 N–H and O–H groups in total. The van der Waals surface area contributed by atoms with E-state index in [1.807, 2.05) is 12.1 Å². The zero-order valence-corrected chi connectivity index (χ0v) is 24.1. The number of piperidine rings is 1. The van der Waals surface area contributed by atoms with Gasteiger partial charge in [-0.05, 0) is 62.0 Å². The number of nitrogens with one attached hydrogen (secondary N) is 1. The molecule has 10 nitrogen and oxygen atoms in total. The van der Waals surface area contributed by atoms with E-state index in [4.69, 9.17) is 34.7 Å². The highest BCUT2D eigenvalue weighted by molar-refractivity contribution is 6.32. The third-order valence-electron chi connectivity index (χ3n) is 7.75. The van der Waals surface area contributed by atoms with Crippen LogP contribution in [-0.4, -0.2) is 82.9 Å². The van der Waals surface area contributed by atoms with Gasteiger partial charge in [-0.1, -0.05) is 36.2 Å².